The summed E-state index contributed by atoms with van der Waals surface area (Å²) in [5.41, 5.74) is 0. The Morgan fingerprint density at radius 3 is 1.39 bits per heavy atom. The lowest BCUT2D eigenvalue weighted by Crippen LogP contribution is -2.45. The molecule has 0 aliphatic heterocycles. The monoisotopic (exact) mass is 648 g/mol. The first-order chi connectivity index (χ1) is 22.5. The minimum absolute atomic E-state index is 0.00463. The van der Waals surface area contributed by atoms with E-state index >= 15 is 0 Å². The molecule has 4 N–H and O–H groups in total. The number of nitrogens with one attached hydrogen (secondary N) is 1. The fourth-order valence-corrected chi connectivity index (χ4v) is 5.82. The summed E-state index contributed by atoms with van der Waals surface area (Å²) in [5.74, 6) is -0.335. The summed E-state index contributed by atoms with van der Waals surface area (Å²) in [6, 6.07) is -0.763. The summed E-state index contributed by atoms with van der Waals surface area (Å²) in [6.07, 6.45) is 44.2. The number of unbranched alkanes of at least 4 members (excludes halogenated alkanes) is 22. The highest BCUT2D eigenvalue weighted by atomic mass is 16.3. The Balaban J connectivity index is 3.78. The second kappa shape index (κ2) is 36.4. The van der Waals surface area contributed by atoms with Crippen molar-refractivity contribution in [3.05, 3.63) is 36.5 Å². The average molecular weight is 648 g/mol. The third-order valence-electron chi connectivity index (χ3n) is 8.90. The third kappa shape index (κ3) is 32.5. The normalized spacial score (nSPS) is 14.1. The molecule has 0 fully saturated rings. The SMILES string of the molecule is CCCCCCCCCCC/C=C\CCCCCC(O)CC(=O)NC(CO)C(O)/C=C/CC/C=C/CCCCCCCCCCC. The first-order valence-corrected chi connectivity index (χ1v) is 19.8. The number of allylic oxidation sites excluding steroid dienone is 5. The molecule has 0 aliphatic rings. The molecule has 5 nitrogen and oxygen atoms in total. The van der Waals surface area contributed by atoms with Gasteiger partial charge in [0.05, 0.1) is 31.3 Å². The zero-order chi connectivity index (χ0) is 33.8. The molecule has 0 saturated heterocycles. The minimum Gasteiger partial charge on any atom is -0.394 e. The third-order valence-corrected chi connectivity index (χ3v) is 8.90. The molecule has 0 aromatic rings. The zero-order valence-electron chi connectivity index (χ0n) is 30.5. The van der Waals surface area contributed by atoms with Crippen LogP contribution in [-0.2, 0) is 4.79 Å². The molecule has 0 heterocycles. The van der Waals surface area contributed by atoms with E-state index in [1.54, 1.807) is 6.08 Å². The molecule has 1 amide bonds. The molecule has 0 bridgehead atoms. The van der Waals surface area contributed by atoms with Crippen LogP contribution in [-0.4, -0.2) is 46.1 Å². The summed E-state index contributed by atoms with van der Waals surface area (Å²) in [7, 11) is 0. The van der Waals surface area contributed by atoms with Gasteiger partial charge in [-0.1, -0.05) is 166 Å². The fourth-order valence-electron chi connectivity index (χ4n) is 5.82. The van der Waals surface area contributed by atoms with Crippen LogP contribution >= 0.6 is 0 Å². The molecule has 3 unspecified atom stereocenters. The lowest BCUT2D eigenvalue weighted by Gasteiger charge is -2.20. The number of rotatable bonds is 35. The predicted octanol–water partition coefficient (Wildman–Crippen LogP) is 10.8. The Bertz CT molecular complexity index is 719. The molecule has 0 saturated carbocycles. The maximum absolute atomic E-state index is 12.4. The molecule has 0 radical (unpaired) electrons. The van der Waals surface area contributed by atoms with Crippen LogP contribution in [0.4, 0.5) is 0 Å². The van der Waals surface area contributed by atoms with Gasteiger partial charge in [-0.25, -0.2) is 0 Å². The zero-order valence-corrected chi connectivity index (χ0v) is 30.5. The molecule has 0 rings (SSSR count). The fraction of sp³-hybridized carbons (Fsp3) is 0.829. The molecule has 0 aliphatic carbocycles. The number of carbonyl (C=O) groups is 1. The van der Waals surface area contributed by atoms with Gasteiger partial charge in [0, 0.05) is 0 Å². The summed E-state index contributed by atoms with van der Waals surface area (Å²) < 4.78 is 0. The number of amides is 1. The van der Waals surface area contributed by atoms with E-state index in [0.717, 1.165) is 44.9 Å². The number of carbonyl (C=O) groups excluding carboxylic acids is 1. The largest absolute Gasteiger partial charge is 0.394 e. The van der Waals surface area contributed by atoms with E-state index in [1.165, 1.54) is 122 Å². The number of aliphatic hydroxyl groups excluding tert-OH is 3. The van der Waals surface area contributed by atoms with Gasteiger partial charge < -0.3 is 20.6 Å². The van der Waals surface area contributed by atoms with Crippen LogP contribution in [0, 0.1) is 0 Å². The van der Waals surface area contributed by atoms with Crippen molar-refractivity contribution >= 4 is 5.91 Å². The Hall–Kier alpha value is -1.43. The summed E-state index contributed by atoms with van der Waals surface area (Å²) in [5, 5.41) is 33.1. The van der Waals surface area contributed by atoms with Gasteiger partial charge in [-0.2, -0.15) is 0 Å². The minimum atomic E-state index is -0.953. The molecular weight excluding hydrogens is 570 g/mol. The van der Waals surface area contributed by atoms with Crippen molar-refractivity contribution in [2.45, 2.75) is 212 Å². The highest BCUT2D eigenvalue weighted by molar-refractivity contribution is 5.76. The molecule has 5 heteroatoms. The summed E-state index contributed by atoms with van der Waals surface area (Å²) in [4.78, 5) is 12.4. The van der Waals surface area contributed by atoms with E-state index in [1.807, 2.05) is 6.08 Å². The smallest absolute Gasteiger partial charge is 0.222 e. The second-order valence-corrected chi connectivity index (χ2v) is 13.5. The van der Waals surface area contributed by atoms with Crippen LogP contribution in [0.15, 0.2) is 36.5 Å². The molecule has 46 heavy (non-hydrogen) atoms. The van der Waals surface area contributed by atoms with Crippen LogP contribution < -0.4 is 5.32 Å². The van der Waals surface area contributed by atoms with E-state index in [9.17, 15) is 20.1 Å². The summed E-state index contributed by atoms with van der Waals surface area (Å²) in [6.45, 7) is 4.18. The Labute approximate surface area is 285 Å². The van der Waals surface area contributed by atoms with E-state index in [0.29, 0.717) is 6.42 Å². The van der Waals surface area contributed by atoms with Gasteiger partial charge in [-0.3, -0.25) is 4.79 Å². The van der Waals surface area contributed by atoms with E-state index in [-0.39, 0.29) is 18.9 Å². The number of hydrogen-bond donors (Lipinski definition) is 4. The highest BCUT2D eigenvalue weighted by Gasteiger charge is 2.20. The summed E-state index contributed by atoms with van der Waals surface area (Å²) >= 11 is 0. The van der Waals surface area contributed by atoms with Crippen molar-refractivity contribution in [2.75, 3.05) is 6.61 Å². The Morgan fingerprint density at radius 1 is 0.543 bits per heavy atom. The standard InChI is InChI=1S/C41H77NO4/c1-3-5-7-9-11-13-15-17-19-21-22-24-26-28-30-32-34-38(44)36-41(46)42-39(37-43)40(45)35-33-31-29-27-25-23-20-18-16-14-12-10-8-6-4-2/h22,24-25,27,33,35,38-40,43-45H,3-21,23,26,28-32,34,36-37H2,1-2H3,(H,42,46)/b24-22-,27-25+,35-33+. The van der Waals surface area contributed by atoms with Gasteiger partial charge >= 0.3 is 0 Å². The van der Waals surface area contributed by atoms with Gasteiger partial charge in [0.15, 0.2) is 0 Å². The predicted molar refractivity (Wildman–Crippen MR) is 199 cm³/mol. The lowest BCUT2D eigenvalue weighted by molar-refractivity contribution is -0.124. The Kier molecular flexibility index (Phi) is 35.3. The van der Waals surface area contributed by atoms with E-state index < -0.39 is 18.2 Å². The van der Waals surface area contributed by atoms with Crippen LogP contribution in [0.25, 0.3) is 0 Å². The highest BCUT2D eigenvalue weighted by Crippen LogP contribution is 2.13. The second-order valence-electron chi connectivity index (χ2n) is 13.5. The van der Waals surface area contributed by atoms with Crippen molar-refractivity contribution < 1.29 is 20.1 Å². The average Bonchev–Trinajstić information content (AvgIpc) is 3.05. The van der Waals surface area contributed by atoms with Crippen LogP contribution in [0.3, 0.4) is 0 Å². The van der Waals surface area contributed by atoms with Gasteiger partial charge in [-0.05, 0) is 57.8 Å². The van der Waals surface area contributed by atoms with E-state index in [4.69, 9.17) is 0 Å². The quantitative estimate of drug-likeness (QED) is 0.0407. The molecule has 0 aromatic heterocycles. The van der Waals surface area contributed by atoms with Crippen LogP contribution in [0.2, 0.25) is 0 Å². The molecule has 0 spiro atoms. The molecule has 270 valence electrons. The maximum Gasteiger partial charge on any atom is 0.222 e. The van der Waals surface area contributed by atoms with Gasteiger partial charge in [0.25, 0.3) is 0 Å². The van der Waals surface area contributed by atoms with Crippen molar-refractivity contribution in [1.82, 2.24) is 5.32 Å². The number of aliphatic hydroxyl groups is 3. The van der Waals surface area contributed by atoms with Gasteiger partial charge in [0.1, 0.15) is 0 Å². The Morgan fingerprint density at radius 2 is 0.935 bits per heavy atom. The molecular formula is C41H77NO4. The van der Waals surface area contributed by atoms with Crippen LogP contribution in [0.1, 0.15) is 194 Å². The molecule has 3 atom stereocenters. The van der Waals surface area contributed by atoms with E-state index in [2.05, 4.69) is 43.5 Å². The first-order valence-electron chi connectivity index (χ1n) is 19.8. The molecule has 0 aromatic carbocycles. The van der Waals surface area contributed by atoms with Gasteiger partial charge in [-0.15, -0.1) is 0 Å². The lowest BCUT2D eigenvalue weighted by atomic mass is 10.0. The van der Waals surface area contributed by atoms with Crippen LogP contribution in [0.5, 0.6) is 0 Å². The van der Waals surface area contributed by atoms with Crippen molar-refractivity contribution in [3.8, 4) is 0 Å². The first kappa shape index (κ1) is 44.6. The van der Waals surface area contributed by atoms with Crippen molar-refractivity contribution in [2.24, 2.45) is 0 Å². The van der Waals surface area contributed by atoms with Crippen molar-refractivity contribution in [3.63, 3.8) is 0 Å². The van der Waals surface area contributed by atoms with Crippen molar-refractivity contribution in [1.29, 1.82) is 0 Å². The number of hydrogen-bond acceptors (Lipinski definition) is 4. The topological polar surface area (TPSA) is 89.8 Å². The maximum atomic E-state index is 12.4. The van der Waals surface area contributed by atoms with Gasteiger partial charge in [0.2, 0.25) is 5.91 Å².